The zero-order valence-corrected chi connectivity index (χ0v) is 16.0. The average Bonchev–Trinajstić information content (AvgIpc) is 2.73. The summed E-state index contributed by atoms with van der Waals surface area (Å²) in [5.74, 6) is 1.68. The van der Waals surface area contributed by atoms with Gasteiger partial charge in [-0.25, -0.2) is 4.79 Å². The standard InChI is InChI=1S/C21H27N3O3/c1-26-19-8-9-20(27-2)18(14-19)16-23-10-12-24(13-11-23)21(25)22-15-17-6-4-3-5-7-17/h3-9,14H,10-13,15-16H2,1-2H3,(H,22,25). The van der Waals surface area contributed by atoms with E-state index in [1.165, 1.54) is 0 Å². The lowest BCUT2D eigenvalue weighted by atomic mass is 10.1. The number of nitrogens with one attached hydrogen (secondary N) is 1. The molecule has 27 heavy (non-hydrogen) atoms. The Hall–Kier alpha value is -2.73. The van der Waals surface area contributed by atoms with E-state index in [2.05, 4.69) is 10.2 Å². The highest BCUT2D eigenvalue weighted by atomic mass is 16.5. The first-order chi connectivity index (χ1) is 13.2. The molecule has 1 fully saturated rings. The van der Waals surface area contributed by atoms with Crippen molar-refractivity contribution in [2.45, 2.75) is 13.1 Å². The third-order valence-corrected chi connectivity index (χ3v) is 4.83. The molecule has 0 bridgehead atoms. The first-order valence-corrected chi connectivity index (χ1v) is 9.19. The van der Waals surface area contributed by atoms with Gasteiger partial charge in [-0.1, -0.05) is 30.3 Å². The summed E-state index contributed by atoms with van der Waals surface area (Å²) in [6, 6.07) is 15.8. The van der Waals surface area contributed by atoms with Crippen molar-refractivity contribution in [2.24, 2.45) is 0 Å². The SMILES string of the molecule is COc1ccc(OC)c(CN2CCN(C(=O)NCc3ccccc3)CC2)c1. The molecule has 2 amide bonds. The molecular formula is C21H27N3O3. The Kier molecular flexibility index (Phi) is 6.54. The van der Waals surface area contributed by atoms with Gasteiger partial charge in [-0.2, -0.15) is 0 Å². The molecule has 1 saturated heterocycles. The molecule has 0 saturated carbocycles. The second-order valence-electron chi connectivity index (χ2n) is 6.59. The predicted molar refractivity (Wildman–Crippen MR) is 105 cm³/mol. The van der Waals surface area contributed by atoms with Crippen molar-refractivity contribution >= 4 is 6.03 Å². The molecule has 3 rings (SSSR count). The van der Waals surface area contributed by atoms with Crippen LogP contribution in [0.3, 0.4) is 0 Å². The molecule has 2 aromatic rings. The molecule has 0 aromatic heterocycles. The zero-order chi connectivity index (χ0) is 19.1. The highest BCUT2D eigenvalue weighted by Gasteiger charge is 2.21. The number of methoxy groups -OCH3 is 2. The summed E-state index contributed by atoms with van der Waals surface area (Å²) in [6.45, 7) is 4.43. The van der Waals surface area contributed by atoms with Gasteiger partial charge in [0.1, 0.15) is 11.5 Å². The Morgan fingerprint density at radius 1 is 1.00 bits per heavy atom. The van der Waals surface area contributed by atoms with E-state index in [-0.39, 0.29) is 6.03 Å². The Balaban J connectivity index is 1.49. The van der Waals surface area contributed by atoms with Crippen molar-refractivity contribution in [3.05, 3.63) is 59.7 Å². The monoisotopic (exact) mass is 369 g/mol. The minimum atomic E-state index is -0.00235. The number of carbonyl (C=O) groups excluding carboxylic acids is 1. The maximum Gasteiger partial charge on any atom is 0.317 e. The second kappa shape index (κ2) is 9.28. The molecule has 6 heteroatoms. The van der Waals surface area contributed by atoms with Gasteiger partial charge in [0.05, 0.1) is 14.2 Å². The molecule has 144 valence electrons. The van der Waals surface area contributed by atoms with Crippen LogP contribution >= 0.6 is 0 Å². The first-order valence-electron chi connectivity index (χ1n) is 9.19. The van der Waals surface area contributed by atoms with Crippen LogP contribution in [0.15, 0.2) is 48.5 Å². The zero-order valence-electron chi connectivity index (χ0n) is 16.0. The third kappa shape index (κ3) is 5.14. The summed E-state index contributed by atoms with van der Waals surface area (Å²) in [4.78, 5) is 16.6. The number of hydrogen-bond acceptors (Lipinski definition) is 4. The quantitative estimate of drug-likeness (QED) is 0.851. The van der Waals surface area contributed by atoms with Gasteiger partial charge in [-0.05, 0) is 23.8 Å². The van der Waals surface area contributed by atoms with Crippen molar-refractivity contribution in [3.63, 3.8) is 0 Å². The maximum atomic E-state index is 12.4. The van der Waals surface area contributed by atoms with Gasteiger partial charge in [0.2, 0.25) is 0 Å². The largest absolute Gasteiger partial charge is 0.497 e. The van der Waals surface area contributed by atoms with E-state index in [9.17, 15) is 4.79 Å². The highest BCUT2D eigenvalue weighted by Crippen LogP contribution is 2.25. The fourth-order valence-electron chi connectivity index (χ4n) is 3.24. The molecule has 1 heterocycles. The number of hydrogen-bond donors (Lipinski definition) is 1. The molecule has 1 aliphatic heterocycles. The Bertz CT molecular complexity index is 744. The molecule has 2 aromatic carbocycles. The molecule has 0 unspecified atom stereocenters. The predicted octanol–water partition coefficient (Wildman–Crippen LogP) is 2.73. The molecule has 6 nitrogen and oxygen atoms in total. The van der Waals surface area contributed by atoms with Gasteiger partial charge in [0.15, 0.2) is 0 Å². The second-order valence-corrected chi connectivity index (χ2v) is 6.59. The summed E-state index contributed by atoms with van der Waals surface area (Å²) < 4.78 is 10.8. The first kappa shape index (κ1) is 19.0. The molecule has 0 aliphatic carbocycles. The number of piperazine rings is 1. The fourth-order valence-corrected chi connectivity index (χ4v) is 3.24. The van der Waals surface area contributed by atoms with Gasteiger partial charge in [0, 0.05) is 44.8 Å². The van der Waals surface area contributed by atoms with Crippen LogP contribution in [0.25, 0.3) is 0 Å². The van der Waals surface area contributed by atoms with E-state index in [0.717, 1.165) is 42.3 Å². The van der Waals surface area contributed by atoms with E-state index in [4.69, 9.17) is 9.47 Å². The summed E-state index contributed by atoms with van der Waals surface area (Å²) in [7, 11) is 3.35. The highest BCUT2D eigenvalue weighted by molar-refractivity contribution is 5.74. The maximum absolute atomic E-state index is 12.4. The van der Waals surface area contributed by atoms with E-state index in [1.807, 2.05) is 53.4 Å². The van der Waals surface area contributed by atoms with E-state index in [0.29, 0.717) is 19.6 Å². The fraction of sp³-hybridized carbons (Fsp3) is 0.381. The number of benzene rings is 2. The van der Waals surface area contributed by atoms with Crippen LogP contribution in [0.4, 0.5) is 4.79 Å². The van der Waals surface area contributed by atoms with Crippen molar-refractivity contribution < 1.29 is 14.3 Å². The van der Waals surface area contributed by atoms with Crippen molar-refractivity contribution in [1.82, 2.24) is 15.1 Å². The minimum Gasteiger partial charge on any atom is -0.497 e. The van der Waals surface area contributed by atoms with Crippen molar-refractivity contribution in [3.8, 4) is 11.5 Å². The molecule has 0 radical (unpaired) electrons. The molecular weight excluding hydrogens is 342 g/mol. The molecule has 1 N–H and O–H groups in total. The number of rotatable bonds is 6. The van der Waals surface area contributed by atoms with Gasteiger partial charge in [0.25, 0.3) is 0 Å². The molecule has 0 atom stereocenters. The summed E-state index contributed by atoms with van der Waals surface area (Å²) >= 11 is 0. The number of nitrogens with zero attached hydrogens (tertiary/aromatic N) is 2. The lowest BCUT2D eigenvalue weighted by molar-refractivity contribution is 0.134. The van der Waals surface area contributed by atoms with Crippen LogP contribution < -0.4 is 14.8 Å². The van der Waals surface area contributed by atoms with Crippen LogP contribution in [-0.2, 0) is 13.1 Å². The van der Waals surface area contributed by atoms with Crippen molar-refractivity contribution in [1.29, 1.82) is 0 Å². The Labute approximate surface area is 160 Å². The van der Waals surface area contributed by atoms with E-state index in [1.54, 1.807) is 14.2 Å². The van der Waals surface area contributed by atoms with Crippen LogP contribution in [-0.4, -0.2) is 56.2 Å². The van der Waals surface area contributed by atoms with E-state index >= 15 is 0 Å². The Morgan fingerprint density at radius 3 is 2.41 bits per heavy atom. The molecule has 1 aliphatic rings. The van der Waals surface area contributed by atoms with E-state index < -0.39 is 0 Å². The minimum absolute atomic E-state index is 0.00235. The normalized spacial score (nSPS) is 14.7. The van der Waals surface area contributed by atoms with Crippen LogP contribution in [0.1, 0.15) is 11.1 Å². The van der Waals surface area contributed by atoms with Gasteiger partial charge < -0.3 is 19.7 Å². The lowest BCUT2D eigenvalue weighted by Gasteiger charge is -2.35. The number of amides is 2. The number of carbonyl (C=O) groups is 1. The number of urea groups is 1. The third-order valence-electron chi connectivity index (χ3n) is 4.83. The topological polar surface area (TPSA) is 54.0 Å². The van der Waals surface area contributed by atoms with Gasteiger partial charge in [-0.3, -0.25) is 4.90 Å². The van der Waals surface area contributed by atoms with Crippen molar-refractivity contribution in [2.75, 3.05) is 40.4 Å². The van der Waals surface area contributed by atoms with Crippen LogP contribution in [0, 0.1) is 0 Å². The summed E-state index contributed by atoms with van der Waals surface area (Å²) in [5, 5.41) is 3.00. The summed E-state index contributed by atoms with van der Waals surface area (Å²) in [5.41, 5.74) is 2.20. The van der Waals surface area contributed by atoms with Gasteiger partial charge in [-0.15, -0.1) is 0 Å². The Morgan fingerprint density at radius 2 is 1.74 bits per heavy atom. The average molecular weight is 369 g/mol. The van der Waals surface area contributed by atoms with Crippen LogP contribution in [0.5, 0.6) is 11.5 Å². The van der Waals surface area contributed by atoms with Crippen LogP contribution in [0.2, 0.25) is 0 Å². The smallest absolute Gasteiger partial charge is 0.317 e. The van der Waals surface area contributed by atoms with Gasteiger partial charge >= 0.3 is 6.03 Å². The molecule has 0 spiro atoms. The number of ether oxygens (including phenoxy) is 2. The summed E-state index contributed by atoms with van der Waals surface area (Å²) in [6.07, 6.45) is 0. The lowest BCUT2D eigenvalue weighted by Crippen LogP contribution is -2.51.